The van der Waals surface area contributed by atoms with Crippen LogP contribution < -0.4 is 5.73 Å². The molecule has 0 spiro atoms. The van der Waals surface area contributed by atoms with Crippen molar-refractivity contribution in [2.45, 2.75) is 12.8 Å². The number of aromatic nitrogens is 1. The summed E-state index contributed by atoms with van der Waals surface area (Å²) in [4.78, 5) is 3.91. The van der Waals surface area contributed by atoms with Gasteiger partial charge in [0.25, 0.3) is 0 Å². The van der Waals surface area contributed by atoms with Crippen molar-refractivity contribution in [3.05, 3.63) is 23.5 Å². The average Bonchev–Trinajstić information content (AvgIpc) is 1.95. The van der Waals surface area contributed by atoms with Crippen LogP contribution in [-0.4, -0.2) is 4.98 Å². The highest BCUT2D eigenvalue weighted by atomic mass is 35.5. The molecule has 0 radical (unpaired) electrons. The van der Waals surface area contributed by atoms with E-state index in [1.54, 1.807) is 12.4 Å². The molecule has 0 unspecified atom stereocenters. The van der Waals surface area contributed by atoms with Gasteiger partial charge in [-0.15, -0.1) is 11.6 Å². The number of nitrogens with zero attached hydrogens (tertiary/aromatic N) is 1. The first-order valence-electron chi connectivity index (χ1n) is 3.00. The van der Waals surface area contributed by atoms with E-state index in [9.17, 15) is 0 Å². The van der Waals surface area contributed by atoms with E-state index in [1.807, 2.05) is 6.92 Å². The minimum atomic E-state index is 0.476. The van der Waals surface area contributed by atoms with Crippen LogP contribution >= 0.6 is 11.6 Å². The van der Waals surface area contributed by atoms with Gasteiger partial charge >= 0.3 is 0 Å². The topological polar surface area (TPSA) is 38.9 Å². The summed E-state index contributed by atoms with van der Waals surface area (Å²) < 4.78 is 0. The second-order valence-electron chi connectivity index (χ2n) is 2.15. The average molecular weight is 157 g/mol. The fourth-order valence-electron chi connectivity index (χ4n) is 0.721. The summed E-state index contributed by atoms with van der Waals surface area (Å²) in [5.74, 6) is 0.476. The molecule has 0 atom stereocenters. The lowest BCUT2D eigenvalue weighted by Gasteiger charge is -2.02. The SMILES string of the molecule is Cc1c(N)cncc1CCl. The highest BCUT2D eigenvalue weighted by Gasteiger charge is 1.98. The van der Waals surface area contributed by atoms with Gasteiger partial charge in [0, 0.05) is 12.1 Å². The second kappa shape index (κ2) is 2.88. The van der Waals surface area contributed by atoms with Gasteiger partial charge in [0.2, 0.25) is 0 Å². The van der Waals surface area contributed by atoms with Gasteiger partial charge in [-0.05, 0) is 18.1 Å². The smallest absolute Gasteiger partial charge is 0.0533 e. The number of hydrogen-bond donors (Lipinski definition) is 1. The van der Waals surface area contributed by atoms with Crippen molar-refractivity contribution in [3.63, 3.8) is 0 Å². The Balaban J connectivity index is 3.14. The van der Waals surface area contributed by atoms with E-state index in [-0.39, 0.29) is 0 Å². The largest absolute Gasteiger partial charge is 0.397 e. The molecule has 0 amide bonds. The molecular weight excluding hydrogens is 148 g/mol. The van der Waals surface area contributed by atoms with Gasteiger partial charge in [-0.2, -0.15) is 0 Å². The van der Waals surface area contributed by atoms with Crippen LogP contribution in [0.25, 0.3) is 0 Å². The summed E-state index contributed by atoms with van der Waals surface area (Å²) in [7, 11) is 0. The van der Waals surface area contributed by atoms with E-state index in [1.165, 1.54) is 0 Å². The van der Waals surface area contributed by atoms with Crippen LogP contribution in [0.5, 0.6) is 0 Å². The zero-order valence-electron chi connectivity index (χ0n) is 5.76. The Morgan fingerprint density at radius 2 is 2.30 bits per heavy atom. The third-order valence-corrected chi connectivity index (χ3v) is 1.79. The van der Waals surface area contributed by atoms with E-state index in [0.717, 1.165) is 11.1 Å². The van der Waals surface area contributed by atoms with Gasteiger partial charge in [-0.3, -0.25) is 4.98 Å². The molecule has 3 heteroatoms. The number of alkyl halides is 1. The molecule has 1 heterocycles. The number of pyridine rings is 1. The molecule has 0 aliphatic heterocycles. The number of anilines is 1. The Hall–Kier alpha value is -0.760. The number of nitrogens with two attached hydrogens (primary N) is 1. The van der Waals surface area contributed by atoms with Gasteiger partial charge in [0.15, 0.2) is 0 Å². The van der Waals surface area contributed by atoms with Gasteiger partial charge in [-0.1, -0.05) is 0 Å². The van der Waals surface area contributed by atoms with Gasteiger partial charge in [0.05, 0.1) is 11.9 Å². The first kappa shape index (κ1) is 7.35. The molecule has 1 aromatic heterocycles. The summed E-state index contributed by atoms with van der Waals surface area (Å²) in [5, 5.41) is 0. The number of hydrogen-bond acceptors (Lipinski definition) is 2. The van der Waals surface area contributed by atoms with Crippen LogP contribution in [0, 0.1) is 6.92 Å². The van der Waals surface area contributed by atoms with E-state index in [0.29, 0.717) is 11.6 Å². The number of rotatable bonds is 1. The van der Waals surface area contributed by atoms with Crippen LogP contribution in [0.1, 0.15) is 11.1 Å². The molecule has 0 saturated carbocycles. The minimum absolute atomic E-state index is 0.476. The fourth-order valence-corrected chi connectivity index (χ4v) is 0.991. The Kier molecular flexibility index (Phi) is 2.12. The summed E-state index contributed by atoms with van der Waals surface area (Å²) in [5.41, 5.74) is 8.32. The second-order valence-corrected chi connectivity index (χ2v) is 2.41. The third kappa shape index (κ3) is 1.21. The summed E-state index contributed by atoms with van der Waals surface area (Å²) in [6.45, 7) is 1.94. The zero-order valence-corrected chi connectivity index (χ0v) is 6.52. The minimum Gasteiger partial charge on any atom is -0.397 e. The molecule has 0 fully saturated rings. The van der Waals surface area contributed by atoms with Crippen LogP contribution in [0.2, 0.25) is 0 Å². The highest BCUT2D eigenvalue weighted by molar-refractivity contribution is 6.17. The van der Waals surface area contributed by atoms with Gasteiger partial charge in [0.1, 0.15) is 0 Å². The van der Waals surface area contributed by atoms with E-state index in [2.05, 4.69) is 4.98 Å². The molecule has 1 aromatic rings. The number of nitrogen functional groups attached to an aromatic ring is 1. The Morgan fingerprint density at radius 1 is 1.60 bits per heavy atom. The fraction of sp³-hybridized carbons (Fsp3) is 0.286. The maximum absolute atomic E-state index is 5.61. The lowest BCUT2D eigenvalue weighted by Crippen LogP contribution is -1.94. The summed E-state index contributed by atoms with van der Waals surface area (Å²) in [6, 6.07) is 0. The Morgan fingerprint density at radius 3 is 2.80 bits per heavy atom. The van der Waals surface area contributed by atoms with Crippen molar-refractivity contribution >= 4 is 17.3 Å². The predicted molar refractivity (Wildman–Crippen MR) is 42.9 cm³/mol. The summed E-state index contributed by atoms with van der Waals surface area (Å²) >= 11 is 5.61. The standard InChI is InChI=1S/C7H9ClN2/c1-5-6(2-8)3-10-4-7(5)9/h3-4H,2,9H2,1H3. The number of halogens is 1. The van der Waals surface area contributed by atoms with Crippen molar-refractivity contribution in [2.24, 2.45) is 0 Å². The van der Waals surface area contributed by atoms with Gasteiger partial charge in [-0.25, -0.2) is 0 Å². The quantitative estimate of drug-likeness (QED) is 0.629. The van der Waals surface area contributed by atoms with Crippen molar-refractivity contribution in [1.29, 1.82) is 0 Å². The van der Waals surface area contributed by atoms with Crippen LogP contribution in [0.3, 0.4) is 0 Å². The van der Waals surface area contributed by atoms with Crippen molar-refractivity contribution in [2.75, 3.05) is 5.73 Å². The molecule has 0 aromatic carbocycles. The maximum atomic E-state index is 5.61. The monoisotopic (exact) mass is 156 g/mol. The molecule has 10 heavy (non-hydrogen) atoms. The van der Waals surface area contributed by atoms with E-state index < -0.39 is 0 Å². The van der Waals surface area contributed by atoms with Crippen molar-refractivity contribution < 1.29 is 0 Å². The zero-order chi connectivity index (χ0) is 7.56. The highest BCUT2D eigenvalue weighted by Crippen LogP contribution is 2.14. The molecule has 1 rings (SSSR count). The Labute approximate surface area is 65.0 Å². The lowest BCUT2D eigenvalue weighted by molar-refractivity contribution is 1.20. The molecule has 0 aliphatic carbocycles. The van der Waals surface area contributed by atoms with Crippen molar-refractivity contribution in [1.82, 2.24) is 4.98 Å². The third-order valence-electron chi connectivity index (χ3n) is 1.50. The first-order chi connectivity index (χ1) is 4.75. The molecule has 2 nitrogen and oxygen atoms in total. The molecule has 2 N–H and O–H groups in total. The predicted octanol–water partition coefficient (Wildman–Crippen LogP) is 1.71. The molecule has 54 valence electrons. The van der Waals surface area contributed by atoms with Crippen molar-refractivity contribution in [3.8, 4) is 0 Å². The summed E-state index contributed by atoms with van der Waals surface area (Å²) in [6.07, 6.45) is 3.37. The molecule has 0 aliphatic rings. The van der Waals surface area contributed by atoms with Crippen LogP contribution in [0.15, 0.2) is 12.4 Å². The van der Waals surface area contributed by atoms with E-state index in [4.69, 9.17) is 17.3 Å². The molecule has 0 saturated heterocycles. The van der Waals surface area contributed by atoms with E-state index >= 15 is 0 Å². The normalized spacial score (nSPS) is 9.80. The molecule has 0 bridgehead atoms. The Bertz CT molecular complexity index is 235. The van der Waals surface area contributed by atoms with Crippen LogP contribution in [-0.2, 0) is 5.88 Å². The first-order valence-corrected chi connectivity index (χ1v) is 3.54. The molecular formula is C7H9ClN2. The van der Waals surface area contributed by atoms with Crippen LogP contribution in [0.4, 0.5) is 5.69 Å². The van der Waals surface area contributed by atoms with Gasteiger partial charge < -0.3 is 5.73 Å². The maximum Gasteiger partial charge on any atom is 0.0533 e. The lowest BCUT2D eigenvalue weighted by atomic mass is 10.1.